The van der Waals surface area contributed by atoms with Crippen LogP contribution in [0.15, 0.2) is 72.8 Å². The van der Waals surface area contributed by atoms with Crippen molar-refractivity contribution in [3.63, 3.8) is 0 Å². The molecular formula is C26H25NO5. The fourth-order valence-corrected chi connectivity index (χ4v) is 4.12. The van der Waals surface area contributed by atoms with Crippen molar-refractivity contribution < 1.29 is 23.8 Å². The normalized spacial score (nSPS) is 12.9. The number of esters is 1. The predicted octanol–water partition coefficient (Wildman–Crippen LogP) is 4.32. The molecule has 0 saturated heterocycles. The van der Waals surface area contributed by atoms with Crippen molar-refractivity contribution in [2.45, 2.75) is 18.4 Å². The highest BCUT2D eigenvalue weighted by atomic mass is 16.6. The molecule has 1 aliphatic rings. The Balaban J connectivity index is 1.43. The first-order valence-electron chi connectivity index (χ1n) is 10.4. The third-order valence-corrected chi connectivity index (χ3v) is 5.72. The average molecular weight is 431 g/mol. The second-order valence-electron chi connectivity index (χ2n) is 7.60. The highest BCUT2D eigenvalue weighted by Gasteiger charge is 2.30. The quantitative estimate of drug-likeness (QED) is 0.564. The lowest BCUT2D eigenvalue weighted by atomic mass is 9.98. The molecule has 0 heterocycles. The van der Waals surface area contributed by atoms with Gasteiger partial charge in [-0.05, 0) is 39.9 Å². The number of methoxy groups -OCH3 is 2. The number of fused-ring (bicyclic) bond motifs is 3. The van der Waals surface area contributed by atoms with Gasteiger partial charge in [-0.2, -0.15) is 0 Å². The minimum atomic E-state index is -0.857. The summed E-state index contributed by atoms with van der Waals surface area (Å²) in [6.45, 7) is 0.177. The summed E-state index contributed by atoms with van der Waals surface area (Å²) >= 11 is 0. The van der Waals surface area contributed by atoms with Crippen LogP contribution in [-0.4, -0.2) is 38.9 Å². The van der Waals surface area contributed by atoms with Gasteiger partial charge in [-0.25, -0.2) is 9.59 Å². The molecule has 3 aromatic carbocycles. The summed E-state index contributed by atoms with van der Waals surface area (Å²) in [6, 6.07) is 22.7. The van der Waals surface area contributed by atoms with E-state index in [4.69, 9.17) is 14.2 Å². The van der Waals surface area contributed by atoms with E-state index in [1.165, 1.54) is 7.11 Å². The van der Waals surface area contributed by atoms with Gasteiger partial charge in [-0.15, -0.1) is 0 Å². The molecule has 1 aliphatic carbocycles. The second-order valence-corrected chi connectivity index (χ2v) is 7.60. The number of nitrogens with one attached hydrogen (secondary N) is 1. The lowest BCUT2D eigenvalue weighted by Crippen LogP contribution is -2.43. The fourth-order valence-electron chi connectivity index (χ4n) is 4.12. The van der Waals surface area contributed by atoms with Crippen LogP contribution in [0.3, 0.4) is 0 Å². The Hall–Kier alpha value is -3.80. The topological polar surface area (TPSA) is 73.9 Å². The van der Waals surface area contributed by atoms with Crippen LogP contribution < -0.4 is 10.1 Å². The first-order valence-corrected chi connectivity index (χ1v) is 10.4. The van der Waals surface area contributed by atoms with Crippen LogP contribution in [0.1, 0.15) is 22.6 Å². The van der Waals surface area contributed by atoms with Crippen LogP contribution in [0.4, 0.5) is 4.79 Å². The molecule has 1 atom stereocenters. The number of rotatable bonds is 7. The molecule has 0 fully saturated rings. The van der Waals surface area contributed by atoms with Crippen molar-refractivity contribution in [3.8, 4) is 16.9 Å². The van der Waals surface area contributed by atoms with Crippen LogP contribution in [0.25, 0.3) is 11.1 Å². The van der Waals surface area contributed by atoms with Crippen LogP contribution in [0.5, 0.6) is 5.75 Å². The minimum Gasteiger partial charge on any atom is -0.497 e. The van der Waals surface area contributed by atoms with Gasteiger partial charge < -0.3 is 19.5 Å². The Labute approximate surface area is 187 Å². The first-order chi connectivity index (χ1) is 15.6. The van der Waals surface area contributed by atoms with E-state index < -0.39 is 18.1 Å². The predicted molar refractivity (Wildman–Crippen MR) is 121 cm³/mol. The summed E-state index contributed by atoms with van der Waals surface area (Å²) in [4.78, 5) is 24.8. The van der Waals surface area contributed by atoms with Crippen molar-refractivity contribution in [3.05, 3.63) is 89.5 Å². The summed E-state index contributed by atoms with van der Waals surface area (Å²) in [5.41, 5.74) is 5.43. The van der Waals surface area contributed by atoms with Gasteiger partial charge in [0.2, 0.25) is 0 Å². The van der Waals surface area contributed by atoms with Crippen molar-refractivity contribution >= 4 is 12.1 Å². The number of hydrogen-bond acceptors (Lipinski definition) is 5. The Kier molecular flexibility index (Phi) is 6.40. The molecule has 0 unspecified atom stereocenters. The molecule has 6 nitrogen and oxygen atoms in total. The largest absolute Gasteiger partial charge is 0.497 e. The number of alkyl carbamates (subject to hydrolysis) is 1. The van der Waals surface area contributed by atoms with E-state index in [2.05, 4.69) is 29.6 Å². The SMILES string of the molecule is COC(=O)[C@H](Cc1ccc(OC)cc1)NC(=O)OCC1c2ccccc2-c2ccccc21. The third-order valence-electron chi connectivity index (χ3n) is 5.72. The molecule has 1 amide bonds. The maximum Gasteiger partial charge on any atom is 0.407 e. The molecule has 0 aromatic heterocycles. The van der Waals surface area contributed by atoms with E-state index in [1.807, 2.05) is 36.4 Å². The molecule has 6 heteroatoms. The molecular weight excluding hydrogens is 406 g/mol. The molecule has 0 bridgehead atoms. The molecule has 164 valence electrons. The van der Waals surface area contributed by atoms with Gasteiger partial charge in [-0.3, -0.25) is 0 Å². The highest BCUT2D eigenvalue weighted by Crippen LogP contribution is 2.44. The summed E-state index contributed by atoms with van der Waals surface area (Å²) < 4.78 is 15.6. The average Bonchev–Trinajstić information content (AvgIpc) is 3.16. The number of hydrogen-bond donors (Lipinski definition) is 1. The van der Waals surface area contributed by atoms with E-state index in [-0.39, 0.29) is 18.9 Å². The van der Waals surface area contributed by atoms with E-state index >= 15 is 0 Å². The van der Waals surface area contributed by atoms with Crippen LogP contribution in [0, 0.1) is 0 Å². The fraction of sp³-hybridized carbons (Fsp3) is 0.231. The van der Waals surface area contributed by atoms with Crippen molar-refractivity contribution in [2.75, 3.05) is 20.8 Å². The smallest absolute Gasteiger partial charge is 0.407 e. The Morgan fingerprint density at radius 2 is 1.47 bits per heavy atom. The van der Waals surface area contributed by atoms with Gasteiger partial charge in [0.1, 0.15) is 18.4 Å². The van der Waals surface area contributed by atoms with E-state index in [1.54, 1.807) is 19.2 Å². The van der Waals surface area contributed by atoms with Gasteiger partial charge in [0, 0.05) is 12.3 Å². The summed E-state index contributed by atoms with van der Waals surface area (Å²) in [5.74, 6) is 0.133. The lowest BCUT2D eigenvalue weighted by Gasteiger charge is -2.18. The molecule has 1 N–H and O–H groups in total. The minimum absolute atomic E-state index is 0.0497. The standard InChI is InChI=1S/C26H25NO5/c1-30-18-13-11-17(12-14-18)15-24(25(28)31-2)27-26(29)32-16-23-21-9-5-3-7-19(21)20-8-4-6-10-22(20)23/h3-14,23-24H,15-16H2,1-2H3,(H,27,29)/t24-/m0/s1. The zero-order valence-corrected chi connectivity index (χ0v) is 18.0. The van der Waals surface area contributed by atoms with Gasteiger partial charge in [0.05, 0.1) is 14.2 Å². The Morgan fingerprint density at radius 3 is 2.03 bits per heavy atom. The van der Waals surface area contributed by atoms with Gasteiger partial charge in [0.25, 0.3) is 0 Å². The van der Waals surface area contributed by atoms with E-state index in [0.717, 1.165) is 27.8 Å². The van der Waals surface area contributed by atoms with Crippen molar-refractivity contribution in [1.29, 1.82) is 0 Å². The number of carbonyl (C=O) groups is 2. The highest BCUT2D eigenvalue weighted by molar-refractivity contribution is 5.82. The first kappa shape index (κ1) is 21.4. The molecule has 0 radical (unpaired) electrons. The maximum atomic E-state index is 12.6. The molecule has 32 heavy (non-hydrogen) atoms. The molecule has 0 aliphatic heterocycles. The Bertz CT molecular complexity index is 1060. The van der Waals surface area contributed by atoms with E-state index in [0.29, 0.717) is 5.75 Å². The monoisotopic (exact) mass is 431 g/mol. The molecule has 3 aromatic rings. The number of carbonyl (C=O) groups excluding carboxylic acids is 2. The van der Waals surface area contributed by atoms with Gasteiger partial charge in [-0.1, -0.05) is 60.7 Å². The van der Waals surface area contributed by atoms with Gasteiger partial charge in [0.15, 0.2) is 0 Å². The third kappa shape index (κ3) is 4.44. The van der Waals surface area contributed by atoms with Crippen molar-refractivity contribution in [2.24, 2.45) is 0 Å². The van der Waals surface area contributed by atoms with Crippen LogP contribution in [-0.2, 0) is 20.7 Å². The summed E-state index contributed by atoms with van der Waals surface area (Å²) in [7, 11) is 2.88. The summed E-state index contributed by atoms with van der Waals surface area (Å²) in [6.07, 6.45) is -0.378. The maximum absolute atomic E-state index is 12.6. The second kappa shape index (κ2) is 9.56. The van der Waals surface area contributed by atoms with E-state index in [9.17, 15) is 9.59 Å². The van der Waals surface area contributed by atoms with Gasteiger partial charge >= 0.3 is 12.1 Å². The molecule has 4 rings (SSSR count). The van der Waals surface area contributed by atoms with Crippen LogP contribution >= 0.6 is 0 Å². The molecule has 0 spiro atoms. The Morgan fingerprint density at radius 1 is 0.875 bits per heavy atom. The van der Waals surface area contributed by atoms with Crippen LogP contribution in [0.2, 0.25) is 0 Å². The zero-order chi connectivity index (χ0) is 22.5. The zero-order valence-electron chi connectivity index (χ0n) is 18.0. The number of amides is 1. The summed E-state index contributed by atoms with van der Waals surface area (Å²) in [5, 5.41) is 2.65. The lowest BCUT2D eigenvalue weighted by molar-refractivity contribution is -0.143. The number of benzene rings is 3. The number of ether oxygens (including phenoxy) is 3. The van der Waals surface area contributed by atoms with Crippen molar-refractivity contribution in [1.82, 2.24) is 5.32 Å². The molecule has 0 saturated carbocycles.